The normalized spacial score (nSPS) is 8.23. The first-order valence-electron chi connectivity index (χ1n) is 3.12. The maximum absolute atomic E-state index is 12.1. The van der Waals surface area contributed by atoms with Gasteiger partial charge in [0, 0.05) is 12.1 Å². The van der Waals surface area contributed by atoms with Crippen molar-refractivity contribution in [2.75, 3.05) is 0 Å². The minimum atomic E-state index is -0.570. The molecule has 0 aliphatic carbocycles. The van der Waals surface area contributed by atoms with Gasteiger partial charge >= 0.3 is 7.69 Å². The minimum absolute atomic E-state index is 0. The van der Waals surface area contributed by atoms with E-state index in [1.807, 2.05) is 0 Å². The van der Waals surface area contributed by atoms with E-state index < -0.39 is 10.7 Å². The number of nitrogens with zero attached hydrogens (tertiary/aromatic N) is 1. The van der Waals surface area contributed by atoms with Gasteiger partial charge in [0.05, 0.1) is 4.92 Å². The molecule has 13 heavy (non-hydrogen) atoms. The Hall–Kier alpha value is -1.47. The van der Waals surface area contributed by atoms with Gasteiger partial charge in [-0.3, -0.25) is 10.1 Å². The van der Waals surface area contributed by atoms with Crippen LogP contribution in [0.4, 0.5) is 10.1 Å². The fourth-order valence-electron chi connectivity index (χ4n) is 0.563. The van der Waals surface area contributed by atoms with Gasteiger partial charge in [-0.15, -0.1) is 0 Å². The van der Waals surface area contributed by atoms with E-state index in [0.29, 0.717) is 0 Å². The van der Waals surface area contributed by atoms with Gasteiger partial charge in [-0.1, -0.05) is 0 Å². The molecule has 0 aromatic heterocycles. The Morgan fingerprint density at radius 2 is 1.69 bits per heavy atom. The number of rotatable bonds is 1. The van der Waals surface area contributed by atoms with Gasteiger partial charge in [-0.05, 0) is 12.1 Å². The van der Waals surface area contributed by atoms with Gasteiger partial charge in [0.2, 0.25) is 0 Å². The quantitative estimate of drug-likeness (QED) is 0.373. The molecule has 0 unspecified atom stereocenters. The highest BCUT2D eigenvalue weighted by molar-refractivity contribution is 6.13. The second-order valence-corrected chi connectivity index (χ2v) is 1.85. The molecule has 0 fully saturated rings. The molecule has 69 valence electrons. The third kappa shape index (κ3) is 4.88. The second-order valence-electron chi connectivity index (χ2n) is 1.85. The number of nitro groups is 1. The fourth-order valence-corrected chi connectivity index (χ4v) is 0.563. The number of hydrogen-bond donors (Lipinski definition) is 2. The molecule has 0 saturated heterocycles. The summed E-state index contributed by atoms with van der Waals surface area (Å²) >= 11 is 0. The van der Waals surface area contributed by atoms with Gasteiger partial charge in [-0.2, -0.15) is 0 Å². The summed E-state index contributed by atoms with van der Waals surface area (Å²) in [5, 5.41) is 24.0. The van der Waals surface area contributed by atoms with Crippen molar-refractivity contribution in [2.24, 2.45) is 0 Å². The summed E-state index contributed by atoms with van der Waals surface area (Å²) in [7, 11) is 0. The number of nitro benzene ring substituents is 1. The molecule has 0 aliphatic heterocycles. The lowest BCUT2D eigenvalue weighted by molar-refractivity contribution is -0.384. The molecular weight excluding hydrogens is 180 g/mol. The van der Waals surface area contributed by atoms with Crippen molar-refractivity contribution in [3.05, 3.63) is 40.2 Å². The van der Waals surface area contributed by atoms with Crippen molar-refractivity contribution in [2.45, 2.75) is 0 Å². The predicted octanol–water partition coefficient (Wildman–Crippen LogP) is 0.239. The van der Waals surface area contributed by atoms with E-state index in [2.05, 4.69) is 0 Å². The topological polar surface area (TPSA) is 83.6 Å². The summed E-state index contributed by atoms with van der Waals surface area (Å²) < 4.78 is 12.1. The smallest absolute Gasteiger partial charge is 0.429 e. The zero-order valence-corrected chi connectivity index (χ0v) is 6.42. The Labute approximate surface area is 73.9 Å². The van der Waals surface area contributed by atoms with Crippen LogP contribution in [0.25, 0.3) is 0 Å². The molecule has 1 aromatic rings. The molecule has 2 N–H and O–H groups in total. The van der Waals surface area contributed by atoms with Gasteiger partial charge in [0.25, 0.3) is 5.69 Å². The summed E-state index contributed by atoms with van der Waals surface area (Å²) in [6, 6.07) is 4.35. The molecule has 1 rings (SSSR count). The Balaban J connectivity index is 0.000000424. The average Bonchev–Trinajstić information content (AvgIpc) is 2.06. The van der Waals surface area contributed by atoms with Crippen molar-refractivity contribution in [3.8, 4) is 0 Å². The molecule has 0 amide bonds. The predicted molar refractivity (Wildman–Crippen MR) is 43.2 cm³/mol. The van der Waals surface area contributed by atoms with E-state index in [4.69, 9.17) is 10.0 Å². The lowest BCUT2D eigenvalue weighted by Gasteiger charge is -1.87. The zero-order valence-electron chi connectivity index (χ0n) is 6.42. The molecule has 1 aromatic carbocycles. The summed E-state index contributed by atoms with van der Waals surface area (Å²) in [4.78, 5) is 9.43. The third-order valence-electron chi connectivity index (χ3n) is 1.04. The van der Waals surface area contributed by atoms with Gasteiger partial charge in [-0.25, -0.2) is 4.39 Å². The van der Waals surface area contributed by atoms with Crippen LogP contribution in [0.3, 0.4) is 0 Å². The highest BCUT2D eigenvalue weighted by atomic mass is 19.1. The molecule has 0 spiro atoms. The first kappa shape index (κ1) is 11.5. The number of hydrogen-bond acceptors (Lipinski definition) is 4. The summed E-state index contributed by atoms with van der Waals surface area (Å²) in [5.41, 5.74) is -0.0959. The van der Waals surface area contributed by atoms with Crippen LogP contribution in [0.15, 0.2) is 24.3 Å². The lowest BCUT2D eigenvalue weighted by Crippen LogP contribution is -1.86. The molecule has 0 aliphatic rings. The Bertz CT molecular complexity index is 266. The molecule has 0 bridgehead atoms. The van der Waals surface area contributed by atoms with E-state index in [9.17, 15) is 14.5 Å². The van der Waals surface area contributed by atoms with Gasteiger partial charge in [0.1, 0.15) is 5.82 Å². The number of halogens is 1. The van der Waals surface area contributed by atoms with Gasteiger partial charge < -0.3 is 10.0 Å². The van der Waals surface area contributed by atoms with Crippen molar-refractivity contribution in [1.82, 2.24) is 0 Å². The molecule has 0 saturated carbocycles. The maximum Gasteiger partial charge on any atom is 0.482 e. The fraction of sp³-hybridized carbons (Fsp3) is 0. The minimum Gasteiger partial charge on any atom is -0.429 e. The maximum atomic E-state index is 12.1. The van der Waals surface area contributed by atoms with E-state index >= 15 is 0 Å². The van der Waals surface area contributed by atoms with Crippen LogP contribution < -0.4 is 0 Å². The van der Waals surface area contributed by atoms with Crippen molar-refractivity contribution < 1.29 is 19.4 Å². The second kappa shape index (κ2) is 6.10. The molecule has 0 atom stereocenters. The summed E-state index contributed by atoms with van der Waals surface area (Å²) in [5.74, 6) is -0.467. The Morgan fingerprint density at radius 1 is 1.31 bits per heavy atom. The van der Waals surface area contributed by atoms with E-state index in [-0.39, 0.29) is 13.4 Å². The summed E-state index contributed by atoms with van der Waals surface area (Å²) in [6.07, 6.45) is 0. The van der Waals surface area contributed by atoms with Crippen LogP contribution >= 0.6 is 0 Å². The van der Waals surface area contributed by atoms with Crippen LogP contribution in [-0.2, 0) is 0 Å². The van der Waals surface area contributed by atoms with Crippen LogP contribution in [0.1, 0.15) is 0 Å². The molecule has 1 radical (unpaired) electrons. The van der Waals surface area contributed by atoms with Gasteiger partial charge in [0.15, 0.2) is 0 Å². The zero-order chi connectivity index (χ0) is 10.3. The molecular formula is C6H6BFNO4. The van der Waals surface area contributed by atoms with E-state index in [1.54, 1.807) is 0 Å². The van der Waals surface area contributed by atoms with Crippen molar-refractivity contribution in [1.29, 1.82) is 0 Å². The highest BCUT2D eigenvalue weighted by Crippen LogP contribution is 2.09. The SMILES string of the molecule is O=[N+]([O-])c1ccc(F)cc1.O[B]O. The number of non-ortho nitro benzene ring substituents is 1. The van der Waals surface area contributed by atoms with Crippen LogP contribution in [0.5, 0.6) is 0 Å². The molecule has 7 heteroatoms. The summed E-state index contributed by atoms with van der Waals surface area (Å²) in [6.45, 7) is 0. The largest absolute Gasteiger partial charge is 0.482 e. The van der Waals surface area contributed by atoms with Crippen LogP contribution in [-0.4, -0.2) is 22.7 Å². The lowest BCUT2D eigenvalue weighted by atomic mass is 10.3. The van der Waals surface area contributed by atoms with Crippen molar-refractivity contribution in [3.63, 3.8) is 0 Å². The average molecular weight is 186 g/mol. The van der Waals surface area contributed by atoms with Crippen LogP contribution in [0, 0.1) is 15.9 Å². The van der Waals surface area contributed by atoms with E-state index in [1.165, 1.54) is 0 Å². The van der Waals surface area contributed by atoms with Crippen molar-refractivity contribution >= 4 is 13.4 Å². The number of benzene rings is 1. The first-order valence-corrected chi connectivity index (χ1v) is 3.12. The highest BCUT2D eigenvalue weighted by Gasteiger charge is 2.01. The van der Waals surface area contributed by atoms with Crippen LogP contribution in [0.2, 0.25) is 0 Å². The Morgan fingerprint density at radius 3 is 2.00 bits per heavy atom. The molecule has 0 heterocycles. The Kier molecular flexibility index (Phi) is 5.41. The molecule has 5 nitrogen and oxygen atoms in total. The third-order valence-corrected chi connectivity index (χ3v) is 1.04. The van der Waals surface area contributed by atoms with E-state index in [0.717, 1.165) is 24.3 Å². The first-order chi connectivity index (χ1) is 6.11. The monoisotopic (exact) mass is 186 g/mol. The standard InChI is InChI=1S/C6H4FNO2.BH2O2/c7-5-1-3-6(4-2-5)8(9)10;2-1-3/h1-4H;2-3H.